The molecule has 0 radical (unpaired) electrons. The van der Waals surface area contributed by atoms with Crippen LogP contribution in [0.3, 0.4) is 0 Å². The maximum absolute atomic E-state index is 12.7. The second-order valence-corrected chi connectivity index (χ2v) is 8.62. The third kappa shape index (κ3) is 5.70. The van der Waals surface area contributed by atoms with Crippen molar-refractivity contribution in [2.75, 3.05) is 24.4 Å². The van der Waals surface area contributed by atoms with Crippen molar-refractivity contribution in [2.24, 2.45) is 5.10 Å². The van der Waals surface area contributed by atoms with Crippen LogP contribution in [0.1, 0.15) is 5.56 Å². The van der Waals surface area contributed by atoms with Crippen LogP contribution >= 0.6 is 11.6 Å². The van der Waals surface area contributed by atoms with Crippen molar-refractivity contribution in [3.05, 3.63) is 81.4 Å². The highest BCUT2D eigenvalue weighted by molar-refractivity contribution is 7.92. The first-order valence-corrected chi connectivity index (χ1v) is 11.2. The molecule has 0 spiro atoms. The summed E-state index contributed by atoms with van der Waals surface area (Å²) < 4.78 is 38.2. The summed E-state index contributed by atoms with van der Waals surface area (Å²) in [7, 11) is -1.10. The fourth-order valence-electron chi connectivity index (χ4n) is 2.84. The number of halogens is 1. The van der Waals surface area contributed by atoms with Crippen molar-refractivity contribution < 1.29 is 22.8 Å². The maximum atomic E-state index is 12.7. The van der Waals surface area contributed by atoms with Crippen LogP contribution in [0.4, 0.5) is 17.1 Å². The first-order chi connectivity index (χ1) is 15.7. The average molecular weight is 491 g/mol. The number of nitro benzene ring substituents is 1. The molecule has 172 valence electrons. The predicted octanol–water partition coefficient (Wildman–Crippen LogP) is 4.51. The van der Waals surface area contributed by atoms with E-state index in [0.717, 1.165) is 6.07 Å². The molecule has 0 atom stereocenters. The quantitative estimate of drug-likeness (QED) is 0.256. The average Bonchev–Trinajstić information content (AvgIpc) is 2.80. The number of ether oxygens (including phenoxy) is 2. The van der Waals surface area contributed by atoms with E-state index >= 15 is 0 Å². The molecule has 0 aromatic heterocycles. The molecule has 3 aromatic carbocycles. The van der Waals surface area contributed by atoms with Crippen molar-refractivity contribution in [1.82, 2.24) is 0 Å². The zero-order chi connectivity index (χ0) is 24.0. The number of benzene rings is 3. The molecule has 0 aliphatic carbocycles. The van der Waals surface area contributed by atoms with Crippen LogP contribution in [0, 0.1) is 10.1 Å². The monoisotopic (exact) mass is 490 g/mol. The number of hydrazone groups is 1. The molecule has 33 heavy (non-hydrogen) atoms. The summed E-state index contributed by atoms with van der Waals surface area (Å²) >= 11 is 5.80. The van der Waals surface area contributed by atoms with Crippen LogP contribution in [0.2, 0.25) is 5.02 Å². The summed E-state index contributed by atoms with van der Waals surface area (Å²) in [6.07, 6.45) is 1.40. The van der Waals surface area contributed by atoms with Crippen molar-refractivity contribution in [1.29, 1.82) is 0 Å². The van der Waals surface area contributed by atoms with Gasteiger partial charge in [-0.05, 0) is 48.5 Å². The highest BCUT2D eigenvalue weighted by atomic mass is 35.5. The van der Waals surface area contributed by atoms with Gasteiger partial charge >= 0.3 is 0 Å². The Hall–Kier alpha value is -3.83. The zero-order valence-corrected chi connectivity index (χ0v) is 19.1. The highest BCUT2D eigenvalue weighted by Crippen LogP contribution is 2.31. The SMILES string of the molecule is COc1cccc(C=NNc2ccc(S(=O)(=O)Nc3ccc(Cl)cc3)cc2[N+](=O)[O-])c1OC. The number of methoxy groups -OCH3 is 2. The Morgan fingerprint density at radius 3 is 2.42 bits per heavy atom. The minimum atomic E-state index is -4.07. The molecular formula is C21H19ClN4O6S. The smallest absolute Gasteiger partial charge is 0.295 e. The molecule has 3 rings (SSSR count). The normalized spacial score (nSPS) is 11.2. The number of nitrogens with zero attached hydrogens (tertiary/aromatic N) is 2. The number of anilines is 2. The van der Waals surface area contributed by atoms with E-state index in [-0.39, 0.29) is 16.3 Å². The number of para-hydroxylation sites is 1. The fourth-order valence-corrected chi connectivity index (χ4v) is 4.05. The minimum absolute atomic E-state index is 0.00329. The van der Waals surface area contributed by atoms with Gasteiger partial charge in [-0.25, -0.2) is 8.42 Å². The van der Waals surface area contributed by atoms with E-state index in [1.165, 1.54) is 56.8 Å². The summed E-state index contributed by atoms with van der Waals surface area (Å²) in [4.78, 5) is 10.6. The topological polar surface area (TPSA) is 132 Å². The molecular weight excluding hydrogens is 472 g/mol. The number of nitrogens with one attached hydrogen (secondary N) is 2. The summed E-state index contributed by atoms with van der Waals surface area (Å²) in [5.41, 5.74) is 2.94. The lowest BCUT2D eigenvalue weighted by molar-refractivity contribution is -0.384. The lowest BCUT2D eigenvalue weighted by Gasteiger charge is -2.10. The van der Waals surface area contributed by atoms with E-state index in [4.69, 9.17) is 21.1 Å². The van der Waals surface area contributed by atoms with E-state index in [1.54, 1.807) is 18.2 Å². The van der Waals surface area contributed by atoms with Gasteiger partial charge in [0.15, 0.2) is 11.5 Å². The molecule has 0 bridgehead atoms. The minimum Gasteiger partial charge on any atom is -0.493 e. The van der Waals surface area contributed by atoms with E-state index in [1.807, 2.05) is 0 Å². The van der Waals surface area contributed by atoms with Gasteiger partial charge < -0.3 is 9.47 Å². The Morgan fingerprint density at radius 1 is 1.06 bits per heavy atom. The van der Waals surface area contributed by atoms with Gasteiger partial charge in [0.1, 0.15) is 5.69 Å². The number of rotatable bonds is 9. The van der Waals surface area contributed by atoms with Crippen LogP contribution in [-0.4, -0.2) is 33.8 Å². The summed E-state index contributed by atoms with van der Waals surface area (Å²) in [6.45, 7) is 0. The van der Waals surface area contributed by atoms with Gasteiger partial charge in [-0.15, -0.1) is 0 Å². The van der Waals surface area contributed by atoms with Crippen LogP contribution in [0.15, 0.2) is 70.7 Å². The second-order valence-electron chi connectivity index (χ2n) is 6.50. The molecule has 0 unspecified atom stereocenters. The molecule has 0 heterocycles. The zero-order valence-electron chi connectivity index (χ0n) is 17.5. The molecule has 0 amide bonds. The molecule has 10 nitrogen and oxygen atoms in total. The van der Waals surface area contributed by atoms with Gasteiger partial charge in [0, 0.05) is 22.3 Å². The van der Waals surface area contributed by atoms with Crippen LogP contribution in [-0.2, 0) is 10.0 Å². The van der Waals surface area contributed by atoms with Crippen molar-refractivity contribution in [3.8, 4) is 11.5 Å². The summed E-state index contributed by atoms with van der Waals surface area (Å²) in [5.74, 6) is 0.935. The Kier molecular flexibility index (Phi) is 7.36. The number of hydrogen-bond donors (Lipinski definition) is 2. The molecule has 0 fully saturated rings. The number of hydrogen-bond acceptors (Lipinski definition) is 8. The molecule has 0 aliphatic rings. The van der Waals surface area contributed by atoms with Crippen LogP contribution < -0.4 is 19.6 Å². The molecule has 2 N–H and O–H groups in total. The van der Waals surface area contributed by atoms with E-state index in [0.29, 0.717) is 22.1 Å². The van der Waals surface area contributed by atoms with E-state index in [2.05, 4.69) is 15.2 Å². The molecule has 12 heteroatoms. The Balaban J connectivity index is 1.85. The third-order valence-corrected chi connectivity index (χ3v) is 6.03. The van der Waals surface area contributed by atoms with Gasteiger partial charge in [-0.3, -0.25) is 20.3 Å². The Bertz CT molecular complexity index is 1300. The maximum Gasteiger partial charge on any atom is 0.295 e. The molecule has 0 saturated carbocycles. The summed E-state index contributed by atoms with van der Waals surface area (Å²) in [5, 5.41) is 16.0. The predicted molar refractivity (Wildman–Crippen MR) is 126 cm³/mol. The van der Waals surface area contributed by atoms with Gasteiger partial charge in [-0.1, -0.05) is 17.7 Å². The van der Waals surface area contributed by atoms with E-state index in [9.17, 15) is 18.5 Å². The summed E-state index contributed by atoms with van der Waals surface area (Å²) in [6, 6.07) is 14.6. The van der Waals surface area contributed by atoms with Crippen molar-refractivity contribution >= 4 is 44.9 Å². The second kappa shape index (κ2) is 10.2. The molecule has 0 saturated heterocycles. The Morgan fingerprint density at radius 2 is 1.79 bits per heavy atom. The first kappa shape index (κ1) is 23.8. The van der Waals surface area contributed by atoms with E-state index < -0.39 is 20.6 Å². The molecule has 3 aromatic rings. The van der Waals surface area contributed by atoms with Crippen LogP contribution in [0.5, 0.6) is 11.5 Å². The first-order valence-electron chi connectivity index (χ1n) is 9.32. The van der Waals surface area contributed by atoms with Crippen molar-refractivity contribution in [2.45, 2.75) is 4.90 Å². The standard InChI is InChI=1S/C21H19ClN4O6S/c1-31-20-5-3-4-14(21(20)32-2)13-23-24-18-11-10-17(12-19(18)26(27)28)33(29,30)25-16-8-6-15(22)7-9-16/h3-13,24-25H,1-2H3. The van der Waals surface area contributed by atoms with Gasteiger partial charge in [0.25, 0.3) is 15.7 Å². The van der Waals surface area contributed by atoms with Gasteiger partial charge in [-0.2, -0.15) is 5.10 Å². The molecule has 0 aliphatic heterocycles. The fraction of sp³-hybridized carbons (Fsp3) is 0.0952. The van der Waals surface area contributed by atoms with Crippen molar-refractivity contribution in [3.63, 3.8) is 0 Å². The van der Waals surface area contributed by atoms with Gasteiger partial charge in [0.2, 0.25) is 0 Å². The third-order valence-electron chi connectivity index (χ3n) is 4.39. The highest BCUT2D eigenvalue weighted by Gasteiger charge is 2.21. The number of nitro groups is 1. The lowest BCUT2D eigenvalue weighted by Crippen LogP contribution is -2.13. The number of sulfonamides is 1. The largest absolute Gasteiger partial charge is 0.493 e. The lowest BCUT2D eigenvalue weighted by atomic mass is 10.2. The van der Waals surface area contributed by atoms with Gasteiger partial charge in [0.05, 0.1) is 30.3 Å². The van der Waals surface area contributed by atoms with Crippen LogP contribution in [0.25, 0.3) is 0 Å². The Labute approximate surface area is 195 Å².